The van der Waals surface area contributed by atoms with Gasteiger partial charge < -0.3 is 28.6 Å². The molecule has 0 aromatic heterocycles. The van der Waals surface area contributed by atoms with Crippen LogP contribution in [0.25, 0.3) is 0 Å². The summed E-state index contributed by atoms with van der Waals surface area (Å²) in [5.41, 5.74) is 1.07. The maximum atomic E-state index is 13.0. The molecule has 0 spiro atoms. The molecule has 33 heavy (non-hydrogen) atoms. The topological polar surface area (TPSA) is 96.0 Å². The number of piperazine rings is 1. The van der Waals surface area contributed by atoms with Crippen molar-refractivity contribution in [3.05, 3.63) is 30.3 Å². The van der Waals surface area contributed by atoms with E-state index in [4.69, 9.17) is 27.9 Å². The van der Waals surface area contributed by atoms with E-state index in [9.17, 15) is 8.42 Å². The molecule has 0 unspecified atom stereocenters. The molecule has 0 bridgehead atoms. The third-order valence-corrected chi connectivity index (χ3v) is 7.77. The summed E-state index contributed by atoms with van der Waals surface area (Å²) >= 11 is 0. The summed E-state index contributed by atoms with van der Waals surface area (Å²) in [5.74, 6) is -3.20. The Labute approximate surface area is 194 Å². The minimum atomic E-state index is -4.00. The third-order valence-electron chi connectivity index (χ3n) is 6.36. The number of hydrogen-bond acceptors (Lipinski definition) is 9. The minimum absolute atomic E-state index is 0.184. The smallest absolute Gasteiger partial charge is 0.338 e. The van der Waals surface area contributed by atoms with Gasteiger partial charge in [-0.2, -0.15) is 12.7 Å². The molecule has 1 aromatic carbocycles. The van der Waals surface area contributed by atoms with Crippen LogP contribution in [-0.4, -0.2) is 87.8 Å². The molecule has 5 rings (SSSR count). The molecule has 0 amide bonds. The zero-order valence-corrected chi connectivity index (χ0v) is 20.2. The Bertz CT molecular complexity index is 964. The number of rotatable bonds is 5. The highest BCUT2D eigenvalue weighted by Crippen LogP contribution is 2.47. The van der Waals surface area contributed by atoms with Gasteiger partial charge in [0.2, 0.25) is 5.79 Å². The van der Waals surface area contributed by atoms with Crippen LogP contribution < -0.4 is 4.90 Å². The van der Waals surface area contributed by atoms with Crippen LogP contribution in [-0.2, 0) is 38.2 Å². The predicted molar refractivity (Wildman–Crippen MR) is 118 cm³/mol. The normalized spacial score (nSPS) is 35.9. The van der Waals surface area contributed by atoms with Gasteiger partial charge in [0.15, 0.2) is 11.6 Å². The Morgan fingerprint density at radius 2 is 1.67 bits per heavy atom. The van der Waals surface area contributed by atoms with Crippen LogP contribution in [0.2, 0.25) is 0 Å². The number of anilines is 1. The zero-order chi connectivity index (χ0) is 23.5. The van der Waals surface area contributed by atoms with Crippen LogP contribution >= 0.6 is 0 Å². The van der Waals surface area contributed by atoms with Crippen molar-refractivity contribution in [2.75, 3.05) is 44.3 Å². The van der Waals surface area contributed by atoms with Gasteiger partial charge in [-0.3, -0.25) is 4.18 Å². The van der Waals surface area contributed by atoms with Crippen LogP contribution in [0.3, 0.4) is 0 Å². The maximum absolute atomic E-state index is 13.0. The Hall–Kier alpha value is -1.31. The van der Waals surface area contributed by atoms with E-state index in [1.807, 2.05) is 44.2 Å². The second-order valence-corrected chi connectivity index (χ2v) is 11.4. The summed E-state index contributed by atoms with van der Waals surface area (Å²) in [6.07, 6.45) is -1.49. The van der Waals surface area contributed by atoms with Crippen LogP contribution in [0.4, 0.5) is 5.69 Å². The van der Waals surface area contributed by atoms with Gasteiger partial charge in [-0.05, 0) is 39.8 Å². The van der Waals surface area contributed by atoms with Crippen molar-refractivity contribution < 1.29 is 36.3 Å². The first kappa shape index (κ1) is 23.4. The molecule has 4 saturated heterocycles. The van der Waals surface area contributed by atoms with Crippen molar-refractivity contribution >= 4 is 16.0 Å². The minimum Gasteiger partial charge on any atom is -0.369 e. The van der Waals surface area contributed by atoms with E-state index in [1.54, 1.807) is 13.8 Å². The molecule has 4 atom stereocenters. The first-order chi connectivity index (χ1) is 15.5. The van der Waals surface area contributed by atoms with Crippen LogP contribution in [0.5, 0.6) is 0 Å². The van der Waals surface area contributed by atoms with Gasteiger partial charge in [0, 0.05) is 31.9 Å². The number of fused-ring (bicyclic) bond motifs is 3. The van der Waals surface area contributed by atoms with E-state index in [1.165, 1.54) is 4.31 Å². The molecule has 0 aliphatic carbocycles. The molecule has 4 aliphatic rings. The second-order valence-electron chi connectivity index (χ2n) is 9.74. The quantitative estimate of drug-likeness (QED) is 0.616. The highest BCUT2D eigenvalue weighted by atomic mass is 32.2. The number of para-hydroxylation sites is 1. The Kier molecular flexibility index (Phi) is 5.77. The van der Waals surface area contributed by atoms with Crippen molar-refractivity contribution in [3.8, 4) is 0 Å². The van der Waals surface area contributed by atoms with E-state index in [-0.39, 0.29) is 19.3 Å². The molecular formula is C22H32N2O8S. The molecule has 10 nitrogen and oxygen atoms in total. The Morgan fingerprint density at radius 1 is 0.970 bits per heavy atom. The molecule has 0 saturated carbocycles. The number of ether oxygens (including phenoxy) is 5. The summed E-state index contributed by atoms with van der Waals surface area (Å²) < 4.78 is 63.1. The van der Waals surface area contributed by atoms with E-state index < -0.39 is 39.9 Å². The third kappa shape index (κ3) is 4.53. The molecule has 0 radical (unpaired) electrons. The average Bonchev–Trinajstić information content (AvgIpc) is 3.24. The Morgan fingerprint density at radius 3 is 2.36 bits per heavy atom. The molecule has 1 aromatic rings. The molecule has 184 valence electrons. The van der Waals surface area contributed by atoms with Gasteiger partial charge in [0.1, 0.15) is 24.9 Å². The van der Waals surface area contributed by atoms with Gasteiger partial charge in [0.25, 0.3) is 0 Å². The van der Waals surface area contributed by atoms with E-state index in [0.29, 0.717) is 26.2 Å². The fourth-order valence-corrected chi connectivity index (χ4v) is 6.06. The lowest BCUT2D eigenvalue weighted by Crippen LogP contribution is -2.61. The summed E-state index contributed by atoms with van der Waals surface area (Å²) in [4.78, 5) is 2.15. The summed E-state index contributed by atoms with van der Waals surface area (Å²) in [6.45, 7) is 8.81. The molecule has 4 fully saturated rings. The lowest BCUT2D eigenvalue weighted by Gasteiger charge is -2.40. The highest BCUT2D eigenvalue weighted by molar-refractivity contribution is 7.84. The predicted octanol–water partition coefficient (Wildman–Crippen LogP) is 1.47. The second kappa shape index (κ2) is 8.13. The first-order valence-corrected chi connectivity index (χ1v) is 12.7. The van der Waals surface area contributed by atoms with Crippen LogP contribution in [0, 0.1) is 0 Å². The number of benzene rings is 1. The van der Waals surface area contributed by atoms with Crippen molar-refractivity contribution in [3.63, 3.8) is 0 Å². The van der Waals surface area contributed by atoms with Crippen molar-refractivity contribution in [2.45, 2.75) is 63.4 Å². The van der Waals surface area contributed by atoms with Gasteiger partial charge in [-0.15, -0.1) is 0 Å². The lowest BCUT2D eigenvalue weighted by atomic mass is 9.98. The first-order valence-electron chi connectivity index (χ1n) is 11.3. The number of hydrogen-bond donors (Lipinski definition) is 0. The van der Waals surface area contributed by atoms with E-state index in [0.717, 1.165) is 5.69 Å². The molecule has 4 heterocycles. The van der Waals surface area contributed by atoms with Crippen LogP contribution in [0.15, 0.2) is 30.3 Å². The maximum Gasteiger partial charge on any atom is 0.338 e. The number of nitrogens with zero attached hydrogens (tertiary/aromatic N) is 2. The van der Waals surface area contributed by atoms with Crippen molar-refractivity contribution in [1.29, 1.82) is 0 Å². The van der Waals surface area contributed by atoms with E-state index >= 15 is 0 Å². The summed E-state index contributed by atoms with van der Waals surface area (Å²) in [5, 5.41) is 0. The summed E-state index contributed by atoms with van der Waals surface area (Å²) in [7, 11) is -4.00. The molecular weight excluding hydrogens is 452 g/mol. The van der Waals surface area contributed by atoms with Gasteiger partial charge in [-0.1, -0.05) is 18.2 Å². The fourth-order valence-electron chi connectivity index (χ4n) is 4.99. The highest BCUT2D eigenvalue weighted by Gasteiger charge is 2.66. The zero-order valence-electron chi connectivity index (χ0n) is 19.4. The molecule has 11 heteroatoms. The molecule has 0 N–H and O–H groups in total. The monoisotopic (exact) mass is 484 g/mol. The van der Waals surface area contributed by atoms with Gasteiger partial charge >= 0.3 is 10.3 Å². The molecule has 4 aliphatic heterocycles. The van der Waals surface area contributed by atoms with E-state index in [2.05, 4.69) is 4.90 Å². The largest absolute Gasteiger partial charge is 0.369 e. The van der Waals surface area contributed by atoms with Crippen LogP contribution in [0.1, 0.15) is 27.7 Å². The SMILES string of the molecule is CC1(C)O[C@@H]2[C@@H](CO[C@]3(COS(=O)(=O)N4CCN(c5ccccc5)CC4)OC(C)(C)O[C@@H]23)O1. The summed E-state index contributed by atoms with van der Waals surface area (Å²) in [6, 6.07) is 9.93. The van der Waals surface area contributed by atoms with Crippen molar-refractivity contribution in [1.82, 2.24) is 4.31 Å². The fraction of sp³-hybridized carbons (Fsp3) is 0.727. The van der Waals surface area contributed by atoms with Crippen molar-refractivity contribution in [2.24, 2.45) is 0 Å². The average molecular weight is 485 g/mol. The van der Waals surface area contributed by atoms with Gasteiger partial charge in [0.05, 0.1) is 6.61 Å². The van der Waals surface area contributed by atoms with Gasteiger partial charge in [-0.25, -0.2) is 0 Å². The Balaban J connectivity index is 1.26. The standard InChI is InChI=1S/C22H32N2O8S/c1-20(2)29-17-14-27-22(19(18(17)30-20)31-21(3,4)32-22)15-28-33(25,26)24-12-10-23(11-13-24)16-8-6-5-7-9-16/h5-9,17-19H,10-15H2,1-4H3/t17-,18-,19+,22-/m1/s1. The lowest BCUT2D eigenvalue weighted by molar-refractivity contribution is -0.290.